The Labute approximate surface area is 222 Å². The molecule has 0 unspecified atom stereocenters. The van der Waals surface area contributed by atoms with Gasteiger partial charge in [-0.3, -0.25) is 9.59 Å². The number of aliphatic hydroxyl groups excluding tert-OH is 1. The number of aryl methyl sites for hydroxylation is 1. The van der Waals surface area contributed by atoms with Crippen LogP contribution in [0.4, 0.5) is 5.69 Å². The van der Waals surface area contributed by atoms with E-state index in [4.69, 9.17) is 16.3 Å². The molecule has 2 amide bonds. The molecule has 2 bridgehead atoms. The molecular weight excluding hydrogens is 506 g/mol. The summed E-state index contributed by atoms with van der Waals surface area (Å²) in [4.78, 5) is 30.7. The zero-order valence-electron chi connectivity index (χ0n) is 20.3. The van der Waals surface area contributed by atoms with Crippen LogP contribution in [0.5, 0.6) is 0 Å². The standard InChI is InChI=1S/C28H22ClN5O4/c1-27-22(35)13-28(38-27,10-11-33-31-19-8-7-16(29)12-20(19)32-33)24-23(27)25(36)34(26(24)37)21-9-6-15(14-30)17-4-2-3-5-18(17)21/h2-9,12,22-24,35H,10-11,13H2,1H3/t22-,23-,24+,27-,28+/m0/s1. The summed E-state index contributed by atoms with van der Waals surface area (Å²) in [5, 5.41) is 31.5. The molecule has 0 spiro atoms. The minimum Gasteiger partial charge on any atom is -0.390 e. The molecule has 3 aliphatic heterocycles. The van der Waals surface area contributed by atoms with Crippen LogP contribution in [0.3, 0.4) is 0 Å². The van der Waals surface area contributed by atoms with Gasteiger partial charge in [-0.1, -0.05) is 35.9 Å². The number of halogens is 1. The number of nitriles is 1. The van der Waals surface area contributed by atoms with Crippen LogP contribution in [0, 0.1) is 23.2 Å². The summed E-state index contributed by atoms with van der Waals surface area (Å²) in [7, 11) is 0. The third kappa shape index (κ3) is 2.99. The minimum absolute atomic E-state index is 0.234. The smallest absolute Gasteiger partial charge is 0.240 e. The zero-order chi connectivity index (χ0) is 26.4. The van der Waals surface area contributed by atoms with E-state index < -0.39 is 35.0 Å². The lowest BCUT2D eigenvalue weighted by molar-refractivity contribution is -0.133. The highest BCUT2D eigenvalue weighted by Crippen LogP contribution is 2.62. The van der Waals surface area contributed by atoms with E-state index in [0.717, 1.165) is 0 Å². The number of aliphatic hydroxyl groups is 1. The van der Waals surface area contributed by atoms with Crippen LogP contribution < -0.4 is 4.90 Å². The number of hydrogen-bond donors (Lipinski definition) is 1. The second-order valence-electron chi connectivity index (χ2n) is 10.5. The SMILES string of the molecule is C[C@]12O[C@](CCn3nc4ccc(Cl)cc4n3)(C[C@@H]1O)[C@H]1C(=O)N(c3ccc(C#N)c4ccccc34)C(=O)[C@H]12. The number of benzene rings is 3. The van der Waals surface area contributed by atoms with Gasteiger partial charge in [-0.05, 0) is 43.7 Å². The molecule has 190 valence electrons. The van der Waals surface area contributed by atoms with Crippen LogP contribution in [0.1, 0.15) is 25.3 Å². The van der Waals surface area contributed by atoms with Crippen LogP contribution in [0.2, 0.25) is 5.02 Å². The number of rotatable bonds is 4. The van der Waals surface area contributed by atoms with Crippen molar-refractivity contribution in [2.24, 2.45) is 11.8 Å². The predicted molar refractivity (Wildman–Crippen MR) is 138 cm³/mol. The molecule has 0 saturated carbocycles. The van der Waals surface area contributed by atoms with E-state index in [-0.39, 0.29) is 12.3 Å². The number of amides is 2. The Bertz CT molecular complexity index is 1730. The maximum Gasteiger partial charge on any atom is 0.240 e. The molecule has 1 aromatic heterocycles. The summed E-state index contributed by atoms with van der Waals surface area (Å²) < 4.78 is 6.44. The molecule has 0 aliphatic carbocycles. The summed E-state index contributed by atoms with van der Waals surface area (Å²) in [5.41, 5.74) is 0.0200. The van der Waals surface area contributed by atoms with E-state index in [9.17, 15) is 20.0 Å². The largest absolute Gasteiger partial charge is 0.390 e. The van der Waals surface area contributed by atoms with Gasteiger partial charge in [-0.25, -0.2) is 4.90 Å². The number of carbonyl (C=O) groups is 2. The summed E-state index contributed by atoms with van der Waals surface area (Å²) >= 11 is 6.08. The first kappa shape index (κ1) is 23.3. The van der Waals surface area contributed by atoms with E-state index in [1.54, 1.807) is 54.2 Å². The van der Waals surface area contributed by atoms with Gasteiger partial charge in [-0.2, -0.15) is 20.3 Å². The van der Waals surface area contributed by atoms with Crippen molar-refractivity contribution in [2.75, 3.05) is 4.90 Å². The third-order valence-corrected chi connectivity index (χ3v) is 8.73. The quantitative estimate of drug-likeness (QED) is 0.402. The van der Waals surface area contributed by atoms with Gasteiger partial charge in [0.05, 0.1) is 47.4 Å². The van der Waals surface area contributed by atoms with E-state index in [0.29, 0.717) is 51.0 Å². The molecule has 4 heterocycles. The lowest BCUT2D eigenvalue weighted by atomic mass is 9.66. The van der Waals surface area contributed by atoms with Crippen molar-refractivity contribution in [1.29, 1.82) is 5.26 Å². The number of hydrogen-bond acceptors (Lipinski definition) is 7. The van der Waals surface area contributed by atoms with E-state index in [1.807, 2.05) is 12.1 Å². The number of fused-ring (bicyclic) bond motifs is 7. The van der Waals surface area contributed by atoms with Gasteiger partial charge in [0.2, 0.25) is 11.8 Å². The Balaban J connectivity index is 1.27. The zero-order valence-corrected chi connectivity index (χ0v) is 21.1. The van der Waals surface area contributed by atoms with Gasteiger partial charge < -0.3 is 9.84 Å². The molecule has 10 heteroatoms. The Kier molecular flexibility index (Phi) is 4.80. The Morgan fingerprint density at radius 3 is 2.61 bits per heavy atom. The van der Waals surface area contributed by atoms with Crippen LogP contribution in [0.25, 0.3) is 21.8 Å². The van der Waals surface area contributed by atoms with E-state index >= 15 is 0 Å². The highest BCUT2D eigenvalue weighted by atomic mass is 35.5. The molecule has 7 rings (SSSR count). The highest BCUT2D eigenvalue weighted by molar-refractivity contribution is 6.31. The molecule has 4 aromatic rings. The van der Waals surface area contributed by atoms with Crippen molar-refractivity contribution in [3.63, 3.8) is 0 Å². The first-order valence-corrected chi connectivity index (χ1v) is 12.8. The Hall–Kier alpha value is -3.84. The van der Waals surface area contributed by atoms with Gasteiger partial charge in [0.1, 0.15) is 16.6 Å². The number of aromatic nitrogens is 3. The van der Waals surface area contributed by atoms with Gasteiger partial charge in [-0.15, -0.1) is 0 Å². The van der Waals surface area contributed by atoms with Crippen molar-refractivity contribution < 1.29 is 19.4 Å². The van der Waals surface area contributed by atoms with Gasteiger partial charge >= 0.3 is 0 Å². The third-order valence-electron chi connectivity index (χ3n) is 8.50. The van der Waals surface area contributed by atoms with Crippen LogP contribution in [0.15, 0.2) is 54.6 Å². The Morgan fingerprint density at radius 1 is 1.08 bits per heavy atom. The monoisotopic (exact) mass is 527 g/mol. The maximum atomic E-state index is 14.1. The molecule has 3 fully saturated rings. The second-order valence-corrected chi connectivity index (χ2v) is 10.9. The first-order chi connectivity index (χ1) is 18.3. The number of carbonyl (C=O) groups excluding carboxylic acids is 2. The molecule has 3 aromatic carbocycles. The molecule has 3 aliphatic rings. The van der Waals surface area contributed by atoms with Crippen molar-refractivity contribution in [2.45, 2.75) is 43.6 Å². The number of imide groups is 1. The number of anilines is 1. The van der Waals surface area contributed by atoms with Gasteiger partial charge in [0.15, 0.2) is 0 Å². The van der Waals surface area contributed by atoms with E-state index in [2.05, 4.69) is 16.3 Å². The minimum atomic E-state index is -1.19. The van der Waals surface area contributed by atoms with Crippen LogP contribution >= 0.6 is 11.6 Å². The fourth-order valence-corrected chi connectivity index (χ4v) is 6.93. The van der Waals surface area contributed by atoms with Crippen molar-refractivity contribution in [3.8, 4) is 6.07 Å². The fraction of sp³-hybridized carbons (Fsp3) is 0.321. The molecule has 5 atom stereocenters. The maximum absolute atomic E-state index is 14.1. The highest BCUT2D eigenvalue weighted by Gasteiger charge is 2.77. The average molecular weight is 528 g/mol. The number of nitrogens with zero attached hydrogens (tertiary/aromatic N) is 5. The first-order valence-electron chi connectivity index (χ1n) is 12.4. The molecule has 0 radical (unpaired) electrons. The van der Waals surface area contributed by atoms with Crippen molar-refractivity contribution in [3.05, 3.63) is 65.2 Å². The van der Waals surface area contributed by atoms with Gasteiger partial charge in [0.25, 0.3) is 0 Å². The van der Waals surface area contributed by atoms with E-state index in [1.165, 1.54) is 4.90 Å². The van der Waals surface area contributed by atoms with Crippen molar-refractivity contribution >= 4 is 50.9 Å². The molecule has 1 N–H and O–H groups in total. The van der Waals surface area contributed by atoms with Crippen LogP contribution in [-0.4, -0.2) is 49.2 Å². The number of ether oxygens (including phenoxy) is 1. The lowest BCUT2D eigenvalue weighted by Crippen LogP contribution is -2.49. The summed E-state index contributed by atoms with van der Waals surface area (Å²) in [5.74, 6) is -2.32. The molecular formula is C28H22ClN5O4. The summed E-state index contributed by atoms with van der Waals surface area (Å²) in [6.07, 6.45) is -0.323. The normalized spacial score (nSPS) is 29.9. The molecule has 38 heavy (non-hydrogen) atoms. The molecule has 9 nitrogen and oxygen atoms in total. The fourth-order valence-electron chi connectivity index (χ4n) is 6.76. The van der Waals surface area contributed by atoms with Gasteiger partial charge in [0, 0.05) is 22.2 Å². The predicted octanol–water partition coefficient (Wildman–Crippen LogP) is 3.60. The Morgan fingerprint density at radius 2 is 1.82 bits per heavy atom. The molecule has 3 saturated heterocycles. The lowest BCUT2D eigenvalue weighted by Gasteiger charge is -2.33. The van der Waals surface area contributed by atoms with Crippen molar-refractivity contribution in [1.82, 2.24) is 15.0 Å². The summed E-state index contributed by atoms with van der Waals surface area (Å²) in [6.45, 7) is 2.05. The average Bonchev–Trinajstić information content (AvgIpc) is 3.58. The topological polar surface area (TPSA) is 121 Å². The second kappa shape index (κ2) is 7.84. The van der Waals surface area contributed by atoms with Crippen LogP contribution in [-0.2, 0) is 20.9 Å². The summed E-state index contributed by atoms with van der Waals surface area (Å²) in [6, 6.07) is 18.0.